The summed E-state index contributed by atoms with van der Waals surface area (Å²) in [5.41, 5.74) is 10.4. The fraction of sp³-hybridized carbons (Fsp3) is 0.333. The number of phenolic OH excluding ortho intramolecular Hbond substituents is 1. The van der Waals surface area contributed by atoms with E-state index in [0.29, 0.717) is 0 Å². The lowest BCUT2D eigenvalue weighted by Crippen LogP contribution is -2.36. The van der Waals surface area contributed by atoms with Gasteiger partial charge in [-0.05, 0) is 12.1 Å². The summed E-state index contributed by atoms with van der Waals surface area (Å²) in [6.07, 6.45) is 0. The number of phenols is 1. The van der Waals surface area contributed by atoms with Crippen LogP contribution in [-0.4, -0.2) is 22.7 Å². The number of hydrogen-bond donors (Lipinski definition) is 4. The minimum Gasteiger partial charge on any atom is -0.505 e. The Labute approximate surface area is 111 Å². The molecule has 0 spiro atoms. The Morgan fingerprint density at radius 3 is 2.41 bits per heavy atom. The third kappa shape index (κ3) is 3.19. The van der Waals surface area contributed by atoms with E-state index in [1.807, 2.05) is 0 Å². The zero-order chi connectivity index (χ0) is 12.5. The molecule has 1 aromatic rings. The normalized spacial score (nSPS) is 13.0. The van der Waals surface area contributed by atoms with E-state index >= 15 is 0 Å². The van der Waals surface area contributed by atoms with Crippen molar-refractivity contribution in [1.82, 2.24) is 0 Å². The van der Waals surface area contributed by atoms with Crippen molar-refractivity contribution < 1.29 is 19.0 Å². The van der Waals surface area contributed by atoms with Crippen molar-refractivity contribution in [2.45, 2.75) is 12.0 Å². The molecule has 0 saturated carbocycles. The number of aliphatic hydroxyl groups is 1. The van der Waals surface area contributed by atoms with Crippen molar-refractivity contribution in [3.8, 4) is 5.75 Å². The van der Waals surface area contributed by atoms with Crippen molar-refractivity contribution in [3.05, 3.63) is 22.2 Å². The summed E-state index contributed by atoms with van der Waals surface area (Å²) in [6, 6.07) is 0.917. The predicted molar refractivity (Wildman–Crippen MR) is 66.4 cm³/mol. The first-order chi connectivity index (χ1) is 7.31. The highest BCUT2D eigenvalue weighted by Crippen LogP contribution is 2.40. The Morgan fingerprint density at radius 2 is 1.94 bits per heavy atom. The van der Waals surface area contributed by atoms with Gasteiger partial charge in [-0.2, -0.15) is 0 Å². The van der Waals surface area contributed by atoms with E-state index in [9.17, 15) is 13.9 Å². The second-order valence-electron chi connectivity index (χ2n) is 3.30. The number of aromatic hydroxyl groups is 1. The number of alkyl halides is 2. The van der Waals surface area contributed by atoms with Gasteiger partial charge in [0.15, 0.2) is 0 Å². The molecule has 6 N–H and O–H groups in total. The number of benzene rings is 1. The summed E-state index contributed by atoms with van der Waals surface area (Å²) < 4.78 is 26.6. The molecule has 0 aliphatic carbocycles. The van der Waals surface area contributed by atoms with Crippen molar-refractivity contribution >= 4 is 34.0 Å². The van der Waals surface area contributed by atoms with Gasteiger partial charge in [-0.25, -0.2) is 8.78 Å². The Bertz CT molecular complexity index is 407. The van der Waals surface area contributed by atoms with E-state index in [1.54, 1.807) is 0 Å². The van der Waals surface area contributed by atoms with Gasteiger partial charge in [-0.15, -0.1) is 12.4 Å². The summed E-state index contributed by atoms with van der Waals surface area (Å²) in [5.74, 6) is -4.04. The van der Waals surface area contributed by atoms with Crippen LogP contribution in [0.5, 0.6) is 5.75 Å². The molecule has 8 heteroatoms. The molecular weight excluding hydrogens is 321 g/mol. The fourth-order valence-electron chi connectivity index (χ4n) is 1.21. The predicted octanol–water partition coefficient (Wildman–Crippen LogP) is 1.79. The maximum atomic E-state index is 13.2. The molecule has 98 valence electrons. The smallest absolute Gasteiger partial charge is 0.289 e. The second-order valence-corrected chi connectivity index (χ2v) is 4.15. The lowest BCUT2D eigenvalue weighted by molar-refractivity contribution is -0.0717. The zero-order valence-electron chi connectivity index (χ0n) is 8.53. The Morgan fingerprint density at radius 1 is 1.41 bits per heavy atom. The number of aliphatic hydroxyl groups excluding tert-OH is 1. The zero-order valence-corrected chi connectivity index (χ0v) is 10.9. The molecular formula is C9H12BrClF2N2O2. The van der Waals surface area contributed by atoms with Gasteiger partial charge in [0.2, 0.25) is 0 Å². The van der Waals surface area contributed by atoms with Crippen LogP contribution < -0.4 is 11.5 Å². The molecule has 0 aliphatic heterocycles. The van der Waals surface area contributed by atoms with Crippen molar-refractivity contribution in [2.24, 2.45) is 5.73 Å². The van der Waals surface area contributed by atoms with Gasteiger partial charge in [0.05, 0.1) is 5.69 Å². The monoisotopic (exact) mass is 332 g/mol. The van der Waals surface area contributed by atoms with Gasteiger partial charge in [-0.1, -0.05) is 15.9 Å². The summed E-state index contributed by atoms with van der Waals surface area (Å²) >= 11 is 2.99. The maximum absolute atomic E-state index is 13.2. The SMILES string of the molecule is Cl.Nc1ccc(Br)c([C@H](N)C(F)(F)CO)c1O. The van der Waals surface area contributed by atoms with Crippen LogP contribution in [0, 0.1) is 0 Å². The van der Waals surface area contributed by atoms with Crippen molar-refractivity contribution in [3.63, 3.8) is 0 Å². The Hall–Kier alpha value is -0.630. The van der Waals surface area contributed by atoms with Gasteiger partial charge >= 0.3 is 0 Å². The highest BCUT2D eigenvalue weighted by molar-refractivity contribution is 9.10. The van der Waals surface area contributed by atoms with Gasteiger partial charge in [0.25, 0.3) is 5.92 Å². The quantitative estimate of drug-likeness (QED) is 0.501. The first-order valence-electron chi connectivity index (χ1n) is 4.32. The molecule has 0 heterocycles. The molecule has 0 fully saturated rings. The summed E-state index contributed by atoms with van der Waals surface area (Å²) in [4.78, 5) is 0. The van der Waals surface area contributed by atoms with Crippen LogP contribution in [0.15, 0.2) is 16.6 Å². The van der Waals surface area contributed by atoms with Gasteiger partial charge in [0.1, 0.15) is 18.4 Å². The number of rotatable bonds is 3. The number of hydrogen-bond acceptors (Lipinski definition) is 4. The molecule has 0 radical (unpaired) electrons. The average Bonchev–Trinajstić information content (AvgIpc) is 2.24. The number of nitrogens with two attached hydrogens (primary N) is 2. The first-order valence-corrected chi connectivity index (χ1v) is 5.11. The first kappa shape index (κ1) is 16.4. The molecule has 1 rings (SSSR count). The lowest BCUT2D eigenvalue weighted by Gasteiger charge is -2.23. The second kappa shape index (κ2) is 5.81. The minimum atomic E-state index is -3.53. The molecule has 0 bridgehead atoms. The van der Waals surface area contributed by atoms with Crippen molar-refractivity contribution in [1.29, 1.82) is 0 Å². The summed E-state index contributed by atoms with van der Waals surface area (Å²) in [6.45, 7) is -1.41. The van der Waals surface area contributed by atoms with E-state index in [2.05, 4.69) is 15.9 Å². The highest BCUT2D eigenvalue weighted by atomic mass is 79.9. The molecule has 1 atom stereocenters. The van der Waals surface area contributed by atoms with E-state index in [1.165, 1.54) is 12.1 Å². The van der Waals surface area contributed by atoms with Crippen LogP contribution >= 0.6 is 28.3 Å². The van der Waals surface area contributed by atoms with Crippen LogP contribution in [0.1, 0.15) is 11.6 Å². The molecule has 4 nitrogen and oxygen atoms in total. The Kier molecular flexibility index (Phi) is 5.60. The van der Waals surface area contributed by atoms with Crippen LogP contribution in [0.4, 0.5) is 14.5 Å². The molecule has 0 aliphatic rings. The van der Waals surface area contributed by atoms with Crippen LogP contribution in [0.25, 0.3) is 0 Å². The van der Waals surface area contributed by atoms with Gasteiger partial charge in [0, 0.05) is 10.0 Å². The topological polar surface area (TPSA) is 92.5 Å². The van der Waals surface area contributed by atoms with Gasteiger partial charge < -0.3 is 21.7 Å². The molecule has 0 aromatic heterocycles. The van der Waals surface area contributed by atoms with Gasteiger partial charge in [-0.3, -0.25) is 0 Å². The molecule has 0 amide bonds. The largest absolute Gasteiger partial charge is 0.505 e. The fourth-order valence-corrected chi connectivity index (χ4v) is 1.77. The molecule has 0 unspecified atom stereocenters. The van der Waals surface area contributed by atoms with Crippen LogP contribution in [-0.2, 0) is 0 Å². The van der Waals surface area contributed by atoms with Crippen LogP contribution in [0.2, 0.25) is 0 Å². The van der Waals surface area contributed by atoms with E-state index < -0.39 is 24.3 Å². The number of halogens is 4. The van der Waals surface area contributed by atoms with Crippen molar-refractivity contribution in [2.75, 3.05) is 12.3 Å². The summed E-state index contributed by atoms with van der Waals surface area (Å²) in [5, 5.41) is 18.1. The number of anilines is 1. The average molecular weight is 334 g/mol. The highest BCUT2D eigenvalue weighted by Gasteiger charge is 2.40. The standard InChI is InChI=1S/C9H11BrF2N2O2.ClH/c10-4-1-2-5(13)7(16)6(4)8(14)9(11,12)3-15;/h1-2,8,15-16H,3,13-14H2;1H/t8-;/m0./s1. The van der Waals surface area contributed by atoms with E-state index in [-0.39, 0.29) is 28.1 Å². The Balaban J connectivity index is 0.00000256. The van der Waals surface area contributed by atoms with E-state index in [0.717, 1.165) is 0 Å². The van der Waals surface area contributed by atoms with Crippen LogP contribution in [0.3, 0.4) is 0 Å². The third-order valence-corrected chi connectivity index (χ3v) is 2.86. The maximum Gasteiger partial charge on any atom is 0.289 e. The molecule has 17 heavy (non-hydrogen) atoms. The summed E-state index contributed by atoms with van der Waals surface area (Å²) in [7, 11) is 0. The molecule has 0 saturated heterocycles. The third-order valence-electron chi connectivity index (χ3n) is 2.17. The number of nitrogen functional groups attached to an aromatic ring is 1. The minimum absolute atomic E-state index is 0. The lowest BCUT2D eigenvalue weighted by atomic mass is 10.00. The molecule has 1 aromatic carbocycles. The van der Waals surface area contributed by atoms with E-state index in [4.69, 9.17) is 16.6 Å².